The van der Waals surface area contributed by atoms with Gasteiger partial charge in [0.05, 0.1) is 35.9 Å². The summed E-state index contributed by atoms with van der Waals surface area (Å²) in [6, 6.07) is 19.4. The zero-order valence-corrected chi connectivity index (χ0v) is 17.6. The highest BCUT2D eigenvalue weighted by Crippen LogP contribution is 2.37. The van der Waals surface area contributed by atoms with Crippen molar-refractivity contribution in [3.05, 3.63) is 89.0 Å². The number of nitrogens with one attached hydrogen (secondary N) is 1. The molecule has 0 saturated carbocycles. The average molecular weight is 411 g/mol. The number of benzene rings is 2. The summed E-state index contributed by atoms with van der Waals surface area (Å²) in [6.07, 6.45) is 6.34. The molecule has 1 aliphatic heterocycles. The molecular weight excluding hydrogens is 384 g/mol. The fourth-order valence-corrected chi connectivity index (χ4v) is 5.12. The Morgan fingerprint density at radius 2 is 1.90 bits per heavy atom. The van der Waals surface area contributed by atoms with Gasteiger partial charge in [-0.2, -0.15) is 0 Å². The number of H-pyrrole nitrogens is 1. The second kappa shape index (κ2) is 7.82. The third-order valence-corrected chi connectivity index (χ3v) is 6.57. The van der Waals surface area contributed by atoms with Gasteiger partial charge in [0.25, 0.3) is 0 Å². The van der Waals surface area contributed by atoms with Crippen molar-refractivity contribution in [3.63, 3.8) is 0 Å². The highest BCUT2D eigenvalue weighted by Gasteiger charge is 2.29. The lowest BCUT2D eigenvalue weighted by molar-refractivity contribution is 0.152. The molecule has 2 aliphatic rings. The lowest BCUT2D eigenvalue weighted by atomic mass is 9.90. The number of hydrogen-bond donors (Lipinski definition) is 1. The molecule has 0 bridgehead atoms. The normalized spacial score (nSPS) is 17.5. The first-order valence-corrected chi connectivity index (χ1v) is 11.2. The van der Waals surface area contributed by atoms with E-state index in [2.05, 4.69) is 52.3 Å². The topological polar surface area (TPSA) is 54.0 Å². The molecule has 31 heavy (non-hydrogen) atoms. The van der Waals surface area contributed by atoms with Crippen molar-refractivity contribution < 1.29 is 4.74 Å². The number of ether oxygens (including phenoxy) is 1. The monoisotopic (exact) mass is 410 g/mol. The van der Waals surface area contributed by atoms with Crippen LogP contribution in [0.25, 0.3) is 11.0 Å². The molecule has 5 nitrogen and oxygen atoms in total. The maximum Gasteiger partial charge on any atom is 0.127 e. The summed E-state index contributed by atoms with van der Waals surface area (Å²) >= 11 is 0. The third-order valence-electron chi connectivity index (χ3n) is 6.57. The van der Waals surface area contributed by atoms with Gasteiger partial charge in [0.1, 0.15) is 11.6 Å². The molecule has 1 unspecified atom stereocenters. The van der Waals surface area contributed by atoms with Crippen LogP contribution in [0.2, 0.25) is 0 Å². The molecule has 2 aromatic carbocycles. The quantitative estimate of drug-likeness (QED) is 0.505. The molecule has 5 heteroatoms. The first-order chi connectivity index (χ1) is 15.3. The Morgan fingerprint density at radius 1 is 0.968 bits per heavy atom. The van der Waals surface area contributed by atoms with Crippen molar-refractivity contribution in [1.29, 1.82) is 0 Å². The number of nitrogens with zero attached hydrogens (tertiary/aromatic N) is 3. The summed E-state index contributed by atoms with van der Waals surface area (Å²) in [4.78, 5) is 15.7. The minimum absolute atomic E-state index is 0.274. The van der Waals surface area contributed by atoms with E-state index in [-0.39, 0.29) is 6.04 Å². The van der Waals surface area contributed by atoms with E-state index in [1.807, 2.05) is 18.3 Å². The maximum absolute atomic E-state index is 6.02. The van der Waals surface area contributed by atoms with Gasteiger partial charge in [0.2, 0.25) is 0 Å². The zero-order chi connectivity index (χ0) is 20.6. The van der Waals surface area contributed by atoms with Crippen molar-refractivity contribution in [3.8, 4) is 5.75 Å². The Kier molecular flexibility index (Phi) is 4.69. The van der Waals surface area contributed by atoms with Crippen molar-refractivity contribution in [2.24, 2.45) is 0 Å². The fourth-order valence-electron chi connectivity index (χ4n) is 5.12. The van der Waals surface area contributed by atoms with Crippen LogP contribution >= 0.6 is 0 Å². The van der Waals surface area contributed by atoms with E-state index < -0.39 is 0 Å². The lowest BCUT2D eigenvalue weighted by Gasteiger charge is -2.35. The zero-order valence-electron chi connectivity index (χ0n) is 17.6. The summed E-state index contributed by atoms with van der Waals surface area (Å²) in [6.45, 7) is 2.35. The van der Waals surface area contributed by atoms with Gasteiger partial charge in [-0.05, 0) is 48.6 Å². The summed E-state index contributed by atoms with van der Waals surface area (Å²) < 4.78 is 6.02. The Hall–Kier alpha value is -3.18. The third kappa shape index (κ3) is 3.49. The van der Waals surface area contributed by atoms with Crippen LogP contribution < -0.4 is 4.74 Å². The van der Waals surface area contributed by atoms with Crippen molar-refractivity contribution in [2.45, 2.75) is 44.8 Å². The first-order valence-electron chi connectivity index (χ1n) is 11.2. The number of imidazole rings is 1. The second-order valence-electron chi connectivity index (χ2n) is 8.57. The van der Waals surface area contributed by atoms with Crippen LogP contribution in [0.1, 0.15) is 47.1 Å². The first kappa shape index (κ1) is 18.6. The van der Waals surface area contributed by atoms with Crippen LogP contribution in [-0.2, 0) is 25.9 Å². The van der Waals surface area contributed by atoms with Gasteiger partial charge in [-0.25, -0.2) is 4.98 Å². The fraction of sp³-hybridized carbons (Fsp3) is 0.308. The predicted octanol–water partition coefficient (Wildman–Crippen LogP) is 4.97. The molecule has 4 aromatic rings. The van der Waals surface area contributed by atoms with Gasteiger partial charge in [-0.1, -0.05) is 36.4 Å². The maximum atomic E-state index is 6.02. The van der Waals surface area contributed by atoms with Crippen LogP contribution in [0.4, 0.5) is 0 Å². The molecule has 2 aromatic heterocycles. The molecule has 0 saturated heterocycles. The molecule has 1 aliphatic carbocycles. The Morgan fingerprint density at radius 3 is 2.87 bits per heavy atom. The minimum Gasteiger partial charge on any atom is -0.493 e. The summed E-state index contributed by atoms with van der Waals surface area (Å²) in [5.41, 5.74) is 7.28. The smallest absolute Gasteiger partial charge is 0.127 e. The van der Waals surface area contributed by atoms with Gasteiger partial charge in [0.15, 0.2) is 0 Å². The number of aryl methyl sites for hydroxylation is 1. The number of fused-ring (bicyclic) bond motifs is 3. The molecule has 0 radical (unpaired) electrons. The van der Waals surface area contributed by atoms with E-state index in [0.717, 1.165) is 61.6 Å². The molecule has 156 valence electrons. The summed E-state index contributed by atoms with van der Waals surface area (Å²) in [5, 5.41) is 0. The molecule has 1 atom stereocenters. The van der Waals surface area contributed by atoms with Crippen molar-refractivity contribution in [2.75, 3.05) is 6.61 Å². The molecule has 1 N–H and O–H groups in total. The van der Waals surface area contributed by atoms with Crippen LogP contribution in [0, 0.1) is 0 Å². The Labute approximate surface area is 182 Å². The molecule has 3 heterocycles. The van der Waals surface area contributed by atoms with Crippen LogP contribution in [-0.4, -0.2) is 26.5 Å². The van der Waals surface area contributed by atoms with E-state index in [4.69, 9.17) is 14.7 Å². The number of rotatable bonds is 5. The highest BCUT2D eigenvalue weighted by atomic mass is 16.5. The van der Waals surface area contributed by atoms with Gasteiger partial charge in [0, 0.05) is 24.7 Å². The standard InChI is InChI=1S/C26H26N4O/c1-2-11-22-21(10-1)28-24(29-22)17-30(16-20-8-3-7-19-13-15-31-26(19)20)23-12-4-6-18-9-5-14-27-25(18)23/h1-3,5,7-11,14,23H,4,6,12-13,15-17H2,(H,28,29). The number of aromatic nitrogens is 3. The van der Waals surface area contributed by atoms with Crippen LogP contribution in [0.3, 0.4) is 0 Å². The van der Waals surface area contributed by atoms with Crippen LogP contribution in [0.5, 0.6) is 5.75 Å². The molecule has 0 amide bonds. The van der Waals surface area contributed by atoms with E-state index in [1.165, 1.54) is 28.8 Å². The SMILES string of the molecule is c1cnc2c(c1)CCCC2N(Cc1nc2ccccc2[nH]1)Cc1cccc2c1OCC2. The average Bonchev–Trinajstić information content (AvgIpc) is 3.45. The molecule has 0 fully saturated rings. The Bertz CT molecular complexity index is 1200. The minimum atomic E-state index is 0.274. The van der Waals surface area contributed by atoms with Crippen molar-refractivity contribution >= 4 is 11.0 Å². The van der Waals surface area contributed by atoms with Crippen molar-refractivity contribution in [1.82, 2.24) is 19.9 Å². The van der Waals surface area contributed by atoms with Gasteiger partial charge in [-0.3, -0.25) is 9.88 Å². The van der Waals surface area contributed by atoms with Gasteiger partial charge < -0.3 is 9.72 Å². The number of hydrogen-bond acceptors (Lipinski definition) is 4. The van der Waals surface area contributed by atoms with Gasteiger partial charge in [-0.15, -0.1) is 0 Å². The lowest BCUT2D eigenvalue weighted by Crippen LogP contribution is -2.32. The van der Waals surface area contributed by atoms with Crippen LogP contribution in [0.15, 0.2) is 60.8 Å². The molecule has 0 spiro atoms. The largest absolute Gasteiger partial charge is 0.493 e. The molecule has 6 rings (SSSR count). The highest BCUT2D eigenvalue weighted by molar-refractivity contribution is 5.74. The Balaban J connectivity index is 1.38. The van der Waals surface area contributed by atoms with E-state index in [1.54, 1.807) is 0 Å². The summed E-state index contributed by atoms with van der Waals surface area (Å²) in [7, 11) is 0. The van der Waals surface area contributed by atoms with E-state index in [9.17, 15) is 0 Å². The number of pyridine rings is 1. The van der Waals surface area contributed by atoms with E-state index >= 15 is 0 Å². The molecular formula is C26H26N4O. The predicted molar refractivity (Wildman–Crippen MR) is 121 cm³/mol. The number of aromatic amines is 1. The summed E-state index contributed by atoms with van der Waals surface area (Å²) in [5.74, 6) is 2.08. The number of para-hydroxylation sites is 3. The second-order valence-corrected chi connectivity index (χ2v) is 8.57. The van der Waals surface area contributed by atoms with Gasteiger partial charge >= 0.3 is 0 Å². The van der Waals surface area contributed by atoms with E-state index in [0.29, 0.717) is 0 Å².